The summed E-state index contributed by atoms with van der Waals surface area (Å²) >= 11 is 0. The van der Waals surface area contributed by atoms with E-state index in [1.54, 1.807) is 0 Å². The number of hydrogen-bond donors (Lipinski definition) is 2. The number of nitrogens with zero attached hydrogens (tertiary/aromatic N) is 4. The number of nitrogens with two attached hydrogens (primary N) is 1. The summed E-state index contributed by atoms with van der Waals surface area (Å²) in [5, 5.41) is 12.5. The molecule has 2 aromatic carbocycles. The Bertz CT molecular complexity index is 1360. The molecule has 2 unspecified atom stereocenters. The van der Waals surface area contributed by atoms with Crippen molar-refractivity contribution in [3.63, 3.8) is 0 Å². The summed E-state index contributed by atoms with van der Waals surface area (Å²) in [7, 11) is 1.94. The van der Waals surface area contributed by atoms with Gasteiger partial charge in [0.05, 0.1) is 12.1 Å². The van der Waals surface area contributed by atoms with Gasteiger partial charge >= 0.3 is 0 Å². The number of allylic oxidation sites excluding steroid dienone is 2. The van der Waals surface area contributed by atoms with Crippen LogP contribution in [0.2, 0.25) is 0 Å². The normalized spacial score (nSPS) is 20.9. The summed E-state index contributed by atoms with van der Waals surface area (Å²) in [5.74, 6) is 1.80. The van der Waals surface area contributed by atoms with Gasteiger partial charge in [0.25, 0.3) is 0 Å². The van der Waals surface area contributed by atoms with Gasteiger partial charge in [-0.2, -0.15) is 0 Å². The molecule has 8 heteroatoms. The molecule has 3 N–H and O–H groups in total. The molecule has 0 aliphatic carbocycles. The fraction of sp³-hybridized carbons (Fsp3) is 0.406. The lowest BCUT2D eigenvalue weighted by atomic mass is 9.94. The fourth-order valence-electron chi connectivity index (χ4n) is 5.46. The summed E-state index contributed by atoms with van der Waals surface area (Å²) in [6, 6.07) is 21.0. The molecule has 0 spiro atoms. The van der Waals surface area contributed by atoms with E-state index < -0.39 is 5.54 Å². The van der Waals surface area contributed by atoms with Crippen molar-refractivity contribution in [3.8, 4) is 0 Å². The molecule has 2 aliphatic heterocycles. The number of benzene rings is 2. The molecule has 8 nitrogen and oxygen atoms in total. The largest absolute Gasteiger partial charge is 0.419 e. The maximum Gasteiger partial charge on any atom is 0.247 e. The molecule has 1 saturated heterocycles. The van der Waals surface area contributed by atoms with E-state index in [4.69, 9.17) is 10.2 Å². The van der Waals surface area contributed by atoms with Gasteiger partial charge in [-0.1, -0.05) is 74.5 Å². The standard InChI is InChI=1S/C32H40N6O2/c1-22(2)27(39)21-37(4)28-18-25(19-29(34-28)38-17-11-16-26(38)24-14-9-6-10-15-24)30-35-36-31(40-30)32(3,33)20-23-12-7-5-8-13-23/h5-10,12-15,18-19,22,26,29,34H,11,16-17,20-21,33H2,1-4H3/t26?,29?,32-/m1/s1. The molecule has 0 radical (unpaired) electrons. The van der Waals surface area contributed by atoms with Gasteiger partial charge < -0.3 is 20.4 Å². The summed E-state index contributed by atoms with van der Waals surface area (Å²) in [5.41, 5.74) is 9.09. The lowest BCUT2D eigenvalue weighted by Gasteiger charge is -2.37. The van der Waals surface area contributed by atoms with Crippen LogP contribution in [0, 0.1) is 5.92 Å². The first kappa shape index (κ1) is 27.8. The number of rotatable bonds is 10. The third kappa shape index (κ3) is 6.18. The number of dihydropyridines is 1. The van der Waals surface area contributed by atoms with Gasteiger partial charge in [-0.05, 0) is 49.5 Å². The second-order valence-corrected chi connectivity index (χ2v) is 11.5. The van der Waals surface area contributed by atoms with Gasteiger partial charge in [-0.15, -0.1) is 10.2 Å². The number of ketones is 1. The first-order chi connectivity index (χ1) is 19.2. The smallest absolute Gasteiger partial charge is 0.247 e. The average molecular weight is 541 g/mol. The number of likely N-dealkylation sites (N-methyl/N-ethyl adjacent to an activating group) is 1. The van der Waals surface area contributed by atoms with Gasteiger partial charge in [0.2, 0.25) is 11.8 Å². The number of likely N-dealkylation sites (tertiary alicyclic amines) is 1. The van der Waals surface area contributed by atoms with Crippen LogP contribution in [0.15, 0.2) is 83.1 Å². The van der Waals surface area contributed by atoms with Crippen LogP contribution in [-0.2, 0) is 16.8 Å². The highest BCUT2D eigenvalue weighted by atomic mass is 16.4. The van der Waals surface area contributed by atoms with Crippen LogP contribution >= 0.6 is 0 Å². The number of hydrogen-bond acceptors (Lipinski definition) is 8. The Balaban J connectivity index is 1.45. The summed E-state index contributed by atoms with van der Waals surface area (Å²) in [6.45, 7) is 7.04. The molecule has 1 fully saturated rings. The minimum absolute atomic E-state index is 0.0381. The summed E-state index contributed by atoms with van der Waals surface area (Å²) in [6.07, 6.45) is 6.79. The Morgan fingerprint density at radius 3 is 2.55 bits per heavy atom. The van der Waals surface area contributed by atoms with Crippen molar-refractivity contribution >= 4 is 11.4 Å². The van der Waals surface area contributed by atoms with Crippen molar-refractivity contribution in [1.82, 2.24) is 25.3 Å². The number of aromatic nitrogens is 2. The highest BCUT2D eigenvalue weighted by molar-refractivity contribution is 5.82. The van der Waals surface area contributed by atoms with E-state index in [-0.39, 0.29) is 23.9 Å². The van der Waals surface area contributed by atoms with E-state index >= 15 is 0 Å². The molecule has 0 amide bonds. The molecule has 0 bridgehead atoms. The molecule has 5 rings (SSSR count). The highest BCUT2D eigenvalue weighted by Gasteiger charge is 2.35. The zero-order valence-electron chi connectivity index (χ0n) is 23.9. The van der Waals surface area contributed by atoms with E-state index in [1.165, 1.54) is 5.56 Å². The van der Waals surface area contributed by atoms with Gasteiger partial charge in [0, 0.05) is 31.1 Å². The van der Waals surface area contributed by atoms with Gasteiger partial charge in [-0.3, -0.25) is 9.69 Å². The molecule has 40 heavy (non-hydrogen) atoms. The zero-order chi connectivity index (χ0) is 28.3. The Labute approximate surface area is 236 Å². The number of carbonyl (C=O) groups excluding carboxylic acids is 1. The van der Waals surface area contributed by atoms with Crippen molar-refractivity contribution < 1.29 is 9.21 Å². The van der Waals surface area contributed by atoms with Crippen LogP contribution in [-0.4, -0.2) is 52.1 Å². The van der Waals surface area contributed by atoms with E-state index in [0.717, 1.165) is 36.3 Å². The van der Waals surface area contributed by atoms with Crippen LogP contribution in [0.5, 0.6) is 0 Å². The van der Waals surface area contributed by atoms with Crippen LogP contribution in [0.3, 0.4) is 0 Å². The van der Waals surface area contributed by atoms with Crippen molar-refractivity contribution in [2.45, 2.75) is 57.8 Å². The Morgan fingerprint density at radius 2 is 1.85 bits per heavy atom. The zero-order valence-corrected chi connectivity index (χ0v) is 23.9. The van der Waals surface area contributed by atoms with Gasteiger partial charge in [-0.25, -0.2) is 0 Å². The number of nitrogens with one attached hydrogen (secondary N) is 1. The molecule has 2 aliphatic rings. The molecule has 210 valence electrons. The average Bonchev–Trinajstić information content (AvgIpc) is 3.65. The molecule has 3 heterocycles. The van der Waals surface area contributed by atoms with E-state index in [0.29, 0.717) is 24.7 Å². The van der Waals surface area contributed by atoms with Crippen molar-refractivity contribution in [1.29, 1.82) is 0 Å². The Hall–Kier alpha value is -3.75. The van der Waals surface area contributed by atoms with Crippen molar-refractivity contribution in [3.05, 3.63) is 102 Å². The van der Waals surface area contributed by atoms with E-state index in [1.807, 2.05) is 69.1 Å². The maximum atomic E-state index is 12.6. The maximum absolute atomic E-state index is 12.6. The second kappa shape index (κ2) is 11.8. The molecular weight excluding hydrogens is 500 g/mol. The quantitative estimate of drug-likeness (QED) is 0.384. The molecule has 0 saturated carbocycles. The van der Waals surface area contributed by atoms with E-state index in [2.05, 4.69) is 56.8 Å². The Morgan fingerprint density at radius 1 is 1.15 bits per heavy atom. The SMILES string of the molecule is CC(C)C(=O)CN(C)C1=CC(c2nnc([C@](C)(N)Cc3ccccc3)o2)=CC(N2CCCC2c2ccccc2)N1. The monoisotopic (exact) mass is 540 g/mol. The first-order valence-electron chi connectivity index (χ1n) is 14.1. The second-order valence-electron chi connectivity index (χ2n) is 11.5. The highest BCUT2D eigenvalue weighted by Crippen LogP contribution is 2.36. The summed E-state index contributed by atoms with van der Waals surface area (Å²) < 4.78 is 6.24. The third-order valence-electron chi connectivity index (χ3n) is 7.78. The minimum atomic E-state index is -0.820. The van der Waals surface area contributed by atoms with Gasteiger partial charge in [0.15, 0.2) is 5.78 Å². The molecule has 3 atom stereocenters. The lowest BCUT2D eigenvalue weighted by molar-refractivity contribution is -0.122. The topological polar surface area (TPSA) is 101 Å². The lowest BCUT2D eigenvalue weighted by Crippen LogP contribution is -2.48. The molecular formula is C32H40N6O2. The van der Waals surface area contributed by atoms with E-state index in [9.17, 15) is 4.79 Å². The van der Waals surface area contributed by atoms with Crippen LogP contribution < -0.4 is 11.1 Å². The number of carbonyl (C=O) groups is 1. The predicted octanol–water partition coefficient (Wildman–Crippen LogP) is 4.63. The van der Waals surface area contributed by atoms with Crippen molar-refractivity contribution in [2.75, 3.05) is 20.1 Å². The molecule has 3 aromatic rings. The Kier molecular flexibility index (Phi) is 8.19. The predicted molar refractivity (Wildman–Crippen MR) is 157 cm³/mol. The van der Waals surface area contributed by atoms with Crippen LogP contribution in [0.25, 0.3) is 5.57 Å². The van der Waals surface area contributed by atoms with Crippen molar-refractivity contribution in [2.24, 2.45) is 11.7 Å². The fourth-order valence-corrected chi connectivity index (χ4v) is 5.46. The molecule has 1 aromatic heterocycles. The number of Topliss-reactive ketones (excluding diaryl/α,β-unsaturated/α-hetero) is 1. The first-order valence-corrected chi connectivity index (χ1v) is 14.1. The minimum Gasteiger partial charge on any atom is -0.419 e. The summed E-state index contributed by atoms with van der Waals surface area (Å²) in [4.78, 5) is 17.0. The van der Waals surface area contributed by atoms with Crippen LogP contribution in [0.4, 0.5) is 0 Å². The van der Waals surface area contributed by atoms with Gasteiger partial charge in [0.1, 0.15) is 12.0 Å². The third-order valence-corrected chi connectivity index (χ3v) is 7.78. The van der Waals surface area contributed by atoms with Crippen LogP contribution in [0.1, 0.15) is 62.6 Å².